The Morgan fingerprint density at radius 3 is 2.30 bits per heavy atom. The molecule has 0 aromatic rings. The van der Waals surface area contributed by atoms with Crippen LogP contribution in [0.5, 0.6) is 0 Å². The van der Waals surface area contributed by atoms with E-state index in [2.05, 4.69) is 41.2 Å². The van der Waals surface area contributed by atoms with Crippen LogP contribution >= 0.6 is 0 Å². The van der Waals surface area contributed by atoms with Crippen molar-refractivity contribution in [1.82, 2.24) is 0 Å². The second-order valence-corrected chi connectivity index (χ2v) is 17.5. The molecule has 4 unspecified atom stereocenters. The van der Waals surface area contributed by atoms with E-state index in [0.29, 0.717) is 17.8 Å². The van der Waals surface area contributed by atoms with Gasteiger partial charge in [-0.25, -0.2) is 0 Å². The summed E-state index contributed by atoms with van der Waals surface area (Å²) in [6, 6.07) is 0. The number of aliphatic hydroxyl groups excluding tert-OH is 4. The molecule has 242 valence electrons. The van der Waals surface area contributed by atoms with Crippen molar-refractivity contribution in [2.45, 2.75) is 148 Å². The van der Waals surface area contributed by atoms with Gasteiger partial charge in [0.25, 0.3) is 0 Å². The molecule has 8 nitrogen and oxygen atoms in total. The summed E-state index contributed by atoms with van der Waals surface area (Å²) in [5.41, 5.74) is 0.877. The Hall–Kier alpha value is -0.580. The van der Waals surface area contributed by atoms with Gasteiger partial charge in [0.2, 0.25) is 0 Å². The van der Waals surface area contributed by atoms with Crippen molar-refractivity contribution < 1.29 is 39.4 Å². The highest BCUT2D eigenvalue weighted by Crippen LogP contribution is 2.90. The highest BCUT2D eigenvalue weighted by molar-refractivity contribution is 5.34. The predicted octanol–water partition coefficient (Wildman–Crippen LogP) is 3.93. The molecule has 8 rings (SSSR count). The van der Waals surface area contributed by atoms with E-state index in [4.69, 9.17) is 18.9 Å². The van der Waals surface area contributed by atoms with Crippen LogP contribution in [0.1, 0.15) is 92.9 Å². The zero-order valence-electron chi connectivity index (χ0n) is 26.9. The van der Waals surface area contributed by atoms with Crippen LogP contribution in [-0.2, 0) is 18.9 Å². The lowest BCUT2D eigenvalue weighted by atomic mass is 9.41. The van der Waals surface area contributed by atoms with Crippen molar-refractivity contribution in [3.63, 3.8) is 0 Å². The smallest absolute Gasteiger partial charge is 0.199 e. The van der Waals surface area contributed by atoms with Crippen LogP contribution in [0.3, 0.4) is 0 Å². The molecule has 0 aromatic carbocycles. The van der Waals surface area contributed by atoms with Gasteiger partial charge in [0, 0.05) is 11.3 Å². The van der Waals surface area contributed by atoms with Gasteiger partial charge in [-0.3, -0.25) is 0 Å². The number of aliphatic hydroxyl groups is 4. The molecular formula is C35H54O8. The number of fused-ring (bicyclic) bond motifs is 4. The largest absolute Gasteiger partial charge is 0.388 e. The van der Waals surface area contributed by atoms with Gasteiger partial charge in [-0.2, -0.15) is 0 Å². The molecular weight excluding hydrogens is 548 g/mol. The minimum absolute atomic E-state index is 0.0326. The van der Waals surface area contributed by atoms with Gasteiger partial charge in [-0.05, 0) is 103 Å². The summed E-state index contributed by atoms with van der Waals surface area (Å²) in [5.74, 6) is 0.477. The van der Waals surface area contributed by atoms with Crippen LogP contribution in [0.25, 0.3) is 0 Å². The average Bonchev–Trinajstić information content (AvgIpc) is 3.46. The van der Waals surface area contributed by atoms with E-state index >= 15 is 0 Å². The van der Waals surface area contributed by atoms with Gasteiger partial charge in [0.05, 0.1) is 18.8 Å². The normalized spacial score (nSPS) is 62.8. The van der Waals surface area contributed by atoms with E-state index in [1.54, 1.807) is 0 Å². The second kappa shape index (κ2) is 8.85. The molecule has 0 radical (unpaired) electrons. The minimum atomic E-state index is -1.27. The van der Waals surface area contributed by atoms with Gasteiger partial charge >= 0.3 is 0 Å². The standard InChI is InChI=1S/C35H54O8/c1-17(2)26-20-14-18(3)27-31(6)12-13-34-16-33(34)11-10-23(41-28-25(38)24(37)19(36)15-40-28)30(4,5)21(33)8-9-22(34)32(31,7)29(39)35(27,42-20)43-26/h18-29,36-39H,1,8-16H2,2-7H3/t18-,19+,20?,21?,22?,23+,24+,25-,26?,27-,28+,29-,31-,32-,33-,34+,35+/m1/s1. The fourth-order valence-electron chi connectivity index (χ4n) is 13.8. The maximum absolute atomic E-state index is 12.6. The summed E-state index contributed by atoms with van der Waals surface area (Å²) >= 11 is 0. The molecule has 8 fully saturated rings. The van der Waals surface area contributed by atoms with Crippen LogP contribution in [0, 0.1) is 50.7 Å². The van der Waals surface area contributed by atoms with Crippen molar-refractivity contribution in [3.05, 3.63) is 12.2 Å². The first-order valence-corrected chi connectivity index (χ1v) is 17.1. The van der Waals surface area contributed by atoms with E-state index < -0.39 is 36.5 Å². The number of hydrogen-bond donors (Lipinski definition) is 4. The van der Waals surface area contributed by atoms with Gasteiger partial charge in [0.15, 0.2) is 12.1 Å². The third-order valence-electron chi connectivity index (χ3n) is 15.7. The first-order chi connectivity index (χ1) is 20.1. The lowest BCUT2D eigenvalue weighted by Gasteiger charge is -2.63. The maximum Gasteiger partial charge on any atom is 0.199 e. The van der Waals surface area contributed by atoms with Crippen LogP contribution in [0.2, 0.25) is 0 Å². The van der Waals surface area contributed by atoms with Gasteiger partial charge in [-0.15, -0.1) is 0 Å². The van der Waals surface area contributed by atoms with E-state index in [1.807, 2.05) is 6.92 Å². The van der Waals surface area contributed by atoms with E-state index in [-0.39, 0.29) is 57.9 Å². The molecule has 43 heavy (non-hydrogen) atoms. The molecule has 3 aliphatic heterocycles. The average molecular weight is 603 g/mol. The minimum Gasteiger partial charge on any atom is -0.388 e. The predicted molar refractivity (Wildman–Crippen MR) is 157 cm³/mol. The van der Waals surface area contributed by atoms with Gasteiger partial charge in [-0.1, -0.05) is 41.2 Å². The lowest BCUT2D eigenvalue weighted by molar-refractivity contribution is -0.303. The topological polar surface area (TPSA) is 118 Å². The zero-order chi connectivity index (χ0) is 30.7. The Kier molecular flexibility index (Phi) is 6.14. The van der Waals surface area contributed by atoms with Crippen molar-refractivity contribution in [2.24, 2.45) is 50.7 Å². The first-order valence-electron chi connectivity index (χ1n) is 17.1. The molecule has 8 heteroatoms. The third kappa shape index (κ3) is 3.26. The Labute approximate surface area is 256 Å². The molecule has 8 aliphatic rings. The van der Waals surface area contributed by atoms with E-state index in [9.17, 15) is 20.4 Å². The summed E-state index contributed by atoms with van der Waals surface area (Å²) in [5, 5.41) is 43.4. The third-order valence-corrected chi connectivity index (χ3v) is 15.7. The summed E-state index contributed by atoms with van der Waals surface area (Å²) < 4.78 is 25.9. The fraction of sp³-hybridized carbons (Fsp3) is 0.943. The monoisotopic (exact) mass is 602 g/mol. The molecule has 5 saturated carbocycles. The Morgan fingerprint density at radius 1 is 0.884 bits per heavy atom. The Balaban J connectivity index is 1.10. The molecule has 3 heterocycles. The van der Waals surface area contributed by atoms with E-state index in [0.717, 1.165) is 44.1 Å². The van der Waals surface area contributed by atoms with Crippen molar-refractivity contribution in [3.8, 4) is 0 Å². The van der Waals surface area contributed by atoms with Crippen molar-refractivity contribution in [1.29, 1.82) is 0 Å². The van der Waals surface area contributed by atoms with Crippen LogP contribution < -0.4 is 0 Å². The molecule has 5 aliphatic carbocycles. The molecule has 0 amide bonds. The zero-order valence-corrected chi connectivity index (χ0v) is 26.9. The molecule has 2 bridgehead atoms. The Bertz CT molecular complexity index is 1210. The number of hydrogen-bond acceptors (Lipinski definition) is 8. The highest BCUT2D eigenvalue weighted by Gasteiger charge is 2.88. The summed E-state index contributed by atoms with van der Waals surface area (Å²) in [6.07, 6.45) is 2.97. The maximum atomic E-state index is 12.6. The number of rotatable bonds is 3. The summed E-state index contributed by atoms with van der Waals surface area (Å²) in [7, 11) is 0. The molecule has 3 saturated heterocycles. The molecule has 4 N–H and O–H groups in total. The summed E-state index contributed by atoms with van der Waals surface area (Å²) in [4.78, 5) is 0. The van der Waals surface area contributed by atoms with Crippen LogP contribution in [0.4, 0.5) is 0 Å². The SMILES string of the molecule is C=C(C)C1O[C@@]23OC1C[C@@H](C)[C@@H]2[C@@]1(C)CC[C@@]24C[C@@]25CC[C@H](O[C@@H]2OC[C@H](O)[C@H](O)[C@H]2O)C(C)(C)C5CCC4[C@]1(C)[C@H]3O. The van der Waals surface area contributed by atoms with Gasteiger partial charge in [0.1, 0.15) is 30.5 Å². The van der Waals surface area contributed by atoms with Crippen molar-refractivity contribution in [2.75, 3.05) is 6.61 Å². The van der Waals surface area contributed by atoms with Crippen molar-refractivity contribution >= 4 is 0 Å². The first kappa shape index (κ1) is 29.8. The quantitative estimate of drug-likeness (QED) is 0.284. The van der Waals surface area contributed by atoms with E-state index in [1.165, 1.54) is 12.8 Å². The Morgan fingerprint density at radius 2 is 1.58 bits per heavy atom. The number of ether oxygens (including phenoxy) is 4. The second-order valence-electron chi connectivity index (χ2n) is 17.5. The van der Waals surface area contributed by atoms with Crippen LogP contribution in [-0.4, -0.2) is 81.8 Å². The summed E-state index contributed by atoms with van der Waals surface area (Å²) in [6.45, 7) is 18.1. The highest BCUT2D eigenvalue weighted by atomic mass is 16.8. The molecule has 3 spiro atoms. The lowest BCUT2D eigenvalue weighted by Crippen LogP contribution is -2.61. The fourth-order valence-corrected chi connectivity index (χ4v) is 13.8. The molecule has 17 atom stereocenters. The van der Waals surface area contributed by atoms with Crippen LogP contribution in [0.15, 0.2) is 12.2 Å². The molecule has 0 aromatic heterocycles. The van der Waals surface area contributed by atoms with Gasteiger partial charge < -0.3 is 39.4 Å².